The van der Waals surface area contributed by atoms with E-state index in [9.17, 15) is 9.59 Å². The Morgan fingerprint density at radius 2 is 1.89 bits per heavy atom. The number of methoxy groups -OCH3 is 1. The molecule has 0 atom stereocenters. The molecule has 0 spiro atoms. The Bertz CT molecular complexity index is 431. The van der Waals surface area contributed by atoms with E-state index in [1.54, 1.807) is 45.5 Å². The van der Waals surface area contributed by atoms with Crippen molar-refractivity contribution in [3.8, 4) is 0 Å². The van der Waals surface area contributed by atoms with E-state index >= 15 is 0 Å². The van der Waals surface area contributed by atoms with Gasteiger partial charge >= 0.3 is 6.03 Å². The summed E-state index contributed by atoms with van der Waals surface area (Å²) in [6.07, 6.45) is 0. The maximum atomic E-state index is 11.8. The topological polar surface area (TPSA) is 70.7 Å². The lowest BCUT2D eigenvalue weighted by molar-refractivity contribution is 0.0963. The van der Waals surface area contributed by atoms with Crippen LogP contribution in [0.2, 0.25) is 0 Å². The van der Waals surface area contributed by atoms with Gasteiger partial charge in [-0.05, 0) is 24.3 Å². The largest absolute Gasteiger partial charge is 0.383 e. The molecule has 0 heterocycles. The van der Waals surface area contributed by atoms with Crippen LogP contribution in [0.1, 0.15) is 10.4 Å². The van der Waals surface area contributed by atoms with Crippen LogP contribution in [0.4, 0.5) is 10.5 Å². The van der Waals surface area contributed by atoms with Crippen molar-refractivity contribution in [2.24, 2.45) is 0 Å². The fraction of sp³-hybridized carbons (Fsp3) is 0.385. The highest BCUT2D eigenvalue weighted by Gasteiger charge is 2.08. The van der Waals surface area contributed by atoms with Crippen LogP contribution >= 0.6 is 0 Å². The van der Waals surface area contributed by atoms with Crippen molar-refractivity contribution in [3.05, 3.63) is 29.8 Å². The predicted octanol–water partition coefficient (Wildman–Crippen LogP) is 1.16. The summed E-state index contributed by atoms with van der Waals surface area (Å²) in [5.74, 6) is -0.157. The first-order valence-corrected chi connectivity index (χ1v) is 5.91. The molecule has 6 heteroatoms. The minimum atomic E-state index is -0.218. The molecule has 6 nitrogen and oxygen atoms in total. The number of nitrogens with one attached hydrogen (secondary N) is 2. The molecule has 0 radical (unpaired) electrons. The van der Waals surface area contributed by atoms with Crippen molar-refractivity contribution in [3.63, 3.8) is 0 Å². The number of hydrogen-bond acceptors (Lipinski definition) is 3. The lowest BCUT2D eigenvalue weighted by Gasteiger charge is -2.17. The van der Waals surface area contributed by atoms with Crippen molar-refractivity contribution in [2.75, 3.05) is 39.7 Å². The van der Waals surface area contributed by atoms with Gasteiger partial charge in [-0.1, -0.05) is 0 Å². The first-order chi connectivity index (χ1) is 9.08. The Kier molecular flexibility index (Phi) is 5.81. The Labute approximate surface area is 112 Å². The first kappa shape index (κ1) is 15.0. The van der Waals surface area contributed by atoms with E-state index in [-0.39, 0.29) is 11.9 Å². The molecule has 1 rings (SSSR count). The van der Waals surface area contributed by atoms with Crippen LogP contribution in [0.5, 0.6) is 0 Å². The third-order valence-electron chi connectivity index (χ3n) is 2.60. The second kappa shape index (κ2) is 7.38. The number of nitrogens with zero attached hydrogens (tertiary/aromatic N) is 1. The van der Waals surface area contributed by atoms with Gasteiger partial charge in [-0.15, -0.1) is 0 Å². The minimum absolute atomic E-state index is 0.157. The molecular formula is C13H19N3O3. The first-order valence-electron chi connectivity index (χ1n) is 5.91. The number of benzene rings is 1. The fourth-order valence-corrected chi connectivity index (χ4v) is 1.40. The van der Waals surface area contributed by atoms with E-state index in [1.807, 2.05) is 0 Å². The van der Waals surface area contributed by atoms with E-state index in [4.69, 9.17) is 4.74 Å². The molecule has 19 heavy (non-hydrogen) atoms. The monoisotopic (exact) mass is 265 g/mol. The fourth-order valence-electron chi connectivity index (χ4n) is 1.40. The average molecular weight is 265 g/mol. The normalized spacial score (nSPS) is 9.84. The minimum Gasteiger partial charge on any atom is -0.383 e. The number of urea groups is 1. The lowest BCUT2D eigenvalue weighted by atomic mass is 10.2. The quantitative estimate of drug-likeness (QED) is 0.839. The predicted molar refractivity (Wildman–Crippen MR) is 73.4 cm³/mol. The van der Waals surface area contributed by atoms with Gasteiger partial charge < -0.3 is 20.3 Å². The molecule has 2 N–H and O–H groups in total. The number of ether oxygens (including phenoxy) is 1. The van der Waals surface area contributed by atoms with Crippen LogP contribution in [-0.2, 0) is 4.74 Å². The second-order valence-corrected chi connectivity index (χ2v) is 4.00. The summed E-state index contributed by atoms with van der Waals surface area (Å²) in [7, 11) is 4.85. The SMILES string of the molecule is CNC(=O)c1ccc(NC(=O)N(C)CCOC)cc1. The van der Waals surface area contributed by atoms with Crippen molar-refractivity contribution >= 4 is 17.6 Å². The molecule has 0 saturated carbocycles. The van der Waals surface area contributed by atoms with Gasteiger partial charge in [-0.2, -0.15) is 0 Å². The molecule has 104 valence electrons. The van der Waals surface area contributed by atoms with E-state index in [0.717, 1.165) is 0 Å². The summed E-state index contributed by atoms with van der Waals surface area (Å²) in [6, 6.07) is 6.47. The number of carbonyl (C=O) groups excluding carboxylic acids is 2. The Morgan fingerprint density at radius 1 is 1.26 bits per heavy atom. The zero-order valence-corrected chi connectivity index (χ0v) is 11.4. The van der Waals surface area contributed by atoms with Crippen LogP contribution in [0.3, 0.4) is 0 Å². The summed E-state index contributed by atoms with van der Waals surface area (Å²) in [5, 5.41) is 5.27. The maximum absolute atomic E-state index is 11.8. The van der Waals surface area contributed by atoms with Gasteiger partial charge in [0.05, 0.1) is 6.61 Å². The molecular weight excluding hydrogens is 246 g/mol. The highest BCUT2D eigenvalue weighted by molar-refractivity contribution is 5.95. The van der Waals surface area contributed by atoms with Crippen molar-refractivity contribution in [1.82, 2.24) is 10.2 Å². The van der Waals surface area contributed by atoms with Crippen molar-refractivity contribution in [1.29, 1.82) is 0 Å². The van der Waals surface area contributed by atoms with Crippen LogP contribution in [0.25, 0.3) is 0 Å². The lowest BCUT2D eigenvalue weighted by Crippen LogP contribution is -2.33. The van der Waals surface area contributed by atoms with Crippen molar-refractivity contribution < 1.29 is 14.3 Å². The number of carbonyl (C=O) groups is 2. The number of anilines is 1. The third kappa shape index (κ3) is 4.59. The molecule has 0 aliphatic rings. The number of amides is 3. The smallest absolute Gasteiger partial charge is 0.321 e. The standard InChI is InChI=1S/C13H19N3O3/c1-14-12(17)10-4-6-11(7-5-10)15-13(18)16(2)8-9-19-3/h4-7H,8-9H2,1-3H3,(H,14,17)(H,15,18). The number of hydrogen-bond donors (Lipinski definition) is 2. The number of likely N-dealkylation sites (N-methyl/N-ethyl adjacent to an activating group) is 1. The van der Waals surface area contributed by atoms with Gasteiger partial charge in [-0.25, -0.2) is 4.79 Å². The second-order valence-electron chi connectivity index (χ2n) is 4.00. The Morgan fingerprint density at radius 3 is 2.42 bits per heavy atom. The van der Waals surface area contributed by atoms with Gasteiger partial charge in [0.1, 0.15) is 0 Å². The average Bonchev–Trinajstić information content (AvgIpc) is 2.44. The highest BCUT2D eigenvalue weighted by atomic mass is 16.5. The van der Waals surface area contributed by atoms with Gasteiger partial charge in [0.25, 0.3) is 5.91 Å². The van der Waals surface area contributed by atoms with Crippen LogP contribution in [-0.4, -0.2) is 51.2 Å². The highest BCUT2D eigenvalue weighted by Crippen LogP contribution is 2.10. The zero-order chi connectivity index (χ0) is 14.3. The Hall–Kier alpha value is -2.08. The zero-order valence-electron chi connectivity index (χ0n) is 11.4. The van der Waals surface area contributed by atoms with Crippen molar-refractivity contribution in [2.45, 2.75) is 0 Å². The summed E-state index contributed by atoms with van der Waals surface area (Å²) in [4.78, 5) is 24.7. The van der Waals surface area contributed by atoms with Crippen LogP contribution in [0, 0.1) is 0 Å². The summed E-state index contributed by atoms with van der Waals surface area (Å²) in [5.41, 5.74) is 1.19. The van der Waals surface area contributed by atoms with Crippen LogP contribution in [0.15, 0.2) is 24.3 Å². The molecule has 0 aliphatic carbocycles. The molecule has 1 aromatic rings. The van der Waals surface area contributed by atoms with E-state index in [1.165, 1.54) is 4.90 Å². The molecule has 0 unspecified atom stereocenters. The summed E-state index contributed by atoms with van der Waals surface area (Å²) >= 11 is 0. The van der Waals surface area contributed by atoms with Gasteiger partial charge in [-0.3, -0.25) is 4.79 Å². The number of rotatable bonds is 5. The van der Waals surface area contributed by atoms with E-state index in [0.29, 0.717) is 24.4 Å². The van der Waals surface area contributed by atoms with Gasteiger partial charge in [0, 0.05) is 39.0 Å². The molecule has 1 aromatic carbocycles. The van der Waals surface area contributed by atoms with E-state index < -0.39 is 0 Å². The molecule has 0 fully saturated rings. The Balaban J connectivity index is 2.57. The molecule has 3 amide bonds. The van der Waals surface area contributed by atoms with Crippen LogP contribution < -0.4 is 10.6 Å². The molecule has 0 aromatic heterocycles. The third-order valence-corrected chi connectivity index (χ3v) is 2.60. The molecule has 0 bridgehead atoms. The molecule has 0 aliphatic heterocycles. The maximum Gasteiger partial charge on any atom is 0.321 e. The van der Waals surface area contributed by atoms with Gasteiger partial charge in [0.15, 0.2) is 0 Å². The summed E-state index contributed by atoms with van der Waals surface area (Å²) in [6.45, 7) is 0.998. The summed E-state index contributed by atoms with van der Waals surface area (Å²) < 4.78 is 4.90. The molecule has 0 saturated heterocycles. The van der Waals surface area contributed by atoms with E-state index in [2.05, 4.69) is 10.6 Å². The van der Waals surface area contributed by atoms with Gasteiger partial charge in [0.2, 0.25) is 0 Å².